The molecule has 0 aliphatic carbocycles. The number of nitrogens with one attached hydrogen (secondary N) is 1. The molecule has 0 spiro atoms. The molecule has 10 heavy (non-hydrogen) atoms. The number of H-pyrrole nitrogens is 1. The second-order valence-corrected chi connectivity index (χ2v) is 2.23. The molecule has 1 rings (SSSR count). The second kappa shape index (κ2) is 4.04. The quantitative estimate of drug-likeness (QED) is 0.484. The Morgan fingerprint density at radius 3 is 1.50 bits per heavy atom. The van der Waals surface area contributed by atoms with Gasteiger partial charge in [-0.15, -0.1) is 0 Å². The minimum atomic E-state index is -4.67. The highest BCUT2D eigenvalue weighted by Crippen LogP contribution is 1.72. The van der Waals surface area contributed by atoms with Crippen LogP contribution in [0.3, 0.4) is 0 Å². The maximum absolute atomic E-state index is 8.74. The van der Waals surface area contributed by atoms with E-state index >= 15 is 0 Å². The van der Waals surface area contributed by atoms with Gasteiger partial charge in [-0.2, -0.15) is 8.42 Å². The van der Waals surface area contributed by atoms with Gasteiger partial charge in [-0.1, -0.05) is 0 Å². The summed E-state index contributed by atoms with van der Waals surface area (Å²) in [5, 5.41) is 0. The van der Waals surface area contributed by atoms with Crippen LogP contribution in [0.25, 0.3) is 0 Å². The predicted molar refractivity (Wildman–Crippen MR) is 35.0 cm³/mol. The molecule has 0 amide bonds. The van der Waals surface area contributed by atoms with Gasteiger partial charge in [0.05, 0.1) is 0 Å². The summed E-state index contributed by atoms with van der Waals surface area (Å²) in [5.74, 6) is 0. The van der Waals surface area contributed by atoms with Crippen LogP contribution < -0.4 is 0 Å². The Labute approximate surface area is 58.3 Å². The van der Waals surface area contributed by atoms with Crippen molar-refractivity contribution < 1.29 is 17.5 Å². The van der Waals surface area contributed by atoms with Gasteiger partial charge in [-0.05, 0) is 12.1 Å². The van der Waals surface area contributed by atoms with Crippen LogP contribution in [0.15, 0.2) is 24.5 Å². The van der Waals surface area contributed by atoms with E-state index in [1.807, 2.05) is 24.5 Å². The molecule has 1 aromatic heterocycles. The van der Waals surface area contributed by atoms with E-state index in [1.165, 1.54) is 0 Å². The second-order valence-electron chi connectivity index (χ2n) is 1.33. The molecule has 3 N–H and O–H groups in total. The highest BCUT2D eigenvalue weighted by Gasteiger charge is 1.84. The summed E-state index contributed by atoms with van der Waals surface area (Å²) in [6.45, 7) is 0. The first-order valence-electron chi connectivity index (χ1n) is 2.28. The zero-order chi connectivity index (χ0) is 8.04. The van der Waals surface area contributed by atoms with Gasteiger partial charge in [-0.25, -0.2) is 0 Å². The van der Waals surface area contributed by atoms with E-state index in [0.717, 1.165) is 0 Å². The van der Waals surface area contributed by atoms with Crippen molar-refractivity contribution in [3.05, 3.63) is 24.5 Å². The van der Waals surface area contributed by atoms with E-state index in [0.29, 0.717) is 0 Å². The summed E-state index contributed by atoms with van der Waals surface area (Å²) < 4.78 is 31.6. The molecule has 0 saturated carbocycles. The monoisotopic (exact) mass is 165 g/mol. The maximum atomic E-state index is 8.74. The van der Waals surface area contributed by atoms with Crippen LogP contribution in [-0.2, 0) is 10.4 Å². The van der Waals surface area contributed by atoms with Gasteiger partial charge in [0.15, 0.2) is 0 Å². The first-order chi connectivity index (χ1) is 4.50. The van der Waals surface area contributed by atoms with Crippen molar-refractivity contribution in [2.75, 3.05) is 0 Å². The van der Waals surface area contributed by atoms with Crippen LogP contribution in [-0.4, -0.2) is 22.5 Å². The third-order valence-corrected chi connectivity index (χ3v) is 0.496. The fourth-order valence-electron chi connectivity index (χ4n) is 0.278. The highest BCUT2D eigenvalue weighted by atomic mass is 32.3. The summed E-state index contributed by atoms with van der Waals surface area (Å²) in [7, 11) is -4.67. The zero-order valence-corrected chi connectivity index (χ0v) is 5.75. The van der Waals surface area contributed by atoms with Gasteiger partial charge in [0, 0.05) is 12.4 Å². The fraction of sp³-hybridized carbons (Fsp3) is 0. The molecular formula is C4H7NO4S. The molecule has 1 heterocycles. The molecule has 0 saturated heterocycles. The molecule has 58 valence electrons. The molecular weight excluding hydrogens is 158 g/mol. The first-order valence-corrected chi connectivity index (χ1v) is 3.67. The molecule has 0 fully saturated rings. The summed E-state index contributed by atoms with van der Waals surface area (Å²) in [5.41, 5.74) is 0. The largest absolute Gasteiger partial charge is 0.394 e. The number of aromatic nitrogens is 1. The van der Waals surface area contributed by atoms with Crippen molar-refractivity contribution in [2.45, 2.75) is 0 Å². The number of aromatic amines is 1. The smallest absolute Gasteiger partial charge is 0.368 e. The molecule has 5 nitrogen and oxygen atoms in total. The lowest BCUT2D eigenvalue weighted by Gasteiger charge is -1.68. The Morgan fingerprint density at radius 1 is 1.10 bits per heavy atom. The lowest BCUT2D eigenvalue weighted by atomic mass is 10.7. The van der Waals surface area contributed by atoms with Gasteiger partial charge in [-0.3, -0.25) is 9.11 Å². The topological polar surface area (TPSA) is 90.4 Å². The van der Waals surface area contributed by atoms with Gasteiger partial charge in [0.2, 0.25) is 0 Å². The maximum Gasteiger partial charge on any atom is 0.394 e. The van der Waals surface area contributed by atoms with Crippen molar-refractivity contribution in [3.8, 4) is 0 Å². The Hall–Kier alpha value is -0.850. The van der Waals surface area contributed by atoms with Crippen LogP contribution in [0.5, 0.6) is 0 Å². The highest BCUT2D eigenvalue weighted by molar-refractivity contribution is 7.79. The first kappa shape index (κ1) is 9.15. The van der Waals surface area contributed by atoms with Crippen molar-refractivity contribution in [2.24, 2.45) is 0 Å². The molecule has 1 aromatic rings. The number of hydrogen-bond donors (Lipinski definition) is 3. The Kier molecular flexibility index (Phi) is 3.70. The summed E-state index contributed by atoms with van der Waals surface area (Å²) >= 11 is 0. The Morgan fingerprint density at radius 2 is 1.40 bits per heavy atom. The van der Waals surface area contributed by atoms with Crippen LogP contribution in [0.1, 0.15) is 0 Å². The van der Waals surface area contributed by atoms with Crippen LogP contribution in [0, 0.1) is 0 Å². The van der Waals surface area contributed by atoms with Crippen LogP contribution in [0.4, 0.5) is 0 Å². The van der Waals surface area contributed by atoms with Crippen LogP contribution in [0.2, 0.25) is 0 Å². The predicted octanol–water partition coefficient (Wildman–Crippen LogP) is 0.362. The minimum absolute atomic E-state index is 1.88. The summed E-state index contributed by atoms with van der Waals surface area (Å²) in [4.78, 5) is 2.86. The van der Waals surface area contributed by atoms with Crippen molar-refractivity contribution in [1.82, 2.24) is 4.98 Å². The standard InChI is InChI=1S/C4H5N.H2O4S/c1-2-4-5-3-1;1-5(2,3)4/h1-5H;(H2,1,2,3,4). The Balaban J connectivity index is 0.000000162. The summed E-state index contributed by atoms with van der Waals surface area (Å²) in [6.07, 6.45) is 3.75. The van der Waals surface area contributed by atoms with Crippen LogP contribution >= 0.6 is 0 Å². The molecule has 0 unspecified atom stereocenters. The zero-order valence-electron chi connectivity index (χ0n) is 4.93. The molecule has 0 aromatic carbocycles. The molecule has 0 aliphatic heterocycles. The third kappa shape index (κ3) is 15.7. The van der Waals surface area contributed by atoms with Gasteiger partial charge in [0.25, 0.3) is 0 Å². The normalized spacial score (nSPS) is 9.80. The fourth-order valence-corrected chi connectivity index (χ4v) is 0.278. The van der Waals surface area contributed by atoms with Crippen molar-refractivity contribution in [3.63, 3.8) is 0 Å². The molecule has 6 heteroatoms. The number of hydrogen-bond acceptors (Lipinski definition) is 2. The van der Waals surface area contributed by atoms with Crippen molar-refractivity contribution in [1.29, 1.82) is 0 Å². The van der Waals surface area contributed by atoms with Gasteiger partial charge < -0.3 is 4.98 Å². The molecule has 0 radical (unpaired) electrons. The Bertz CT molecular complexity index is 213. The summed E-state index contributed by atoms with van der Waals surface area (Å²) in [6, 6.07) is 3.89. The molecule has 0 aliphatic rings. The average molecular weight is 165 g/mol. The van der Waals surface area contributed by atoms with E-state index in [-0.39, 0.29) is 0 Å². The SMILES string of the molecule is O=S(=O)(O)O.c1cc[nH]c1. The molecule has 0 atom stereocenters. The number of rotatable bonds is 0. The van der Waals surface area contributed by atoms with E-state index in [1.54, 1.807) is 0 Å². The van der Waals surface area contributed by atoms with E-state index in [9.17, 15) is 0 Å². The van der Waals surface area contributed by atoms with Gasteiger partial charge in [0.1, 0.15) is 0 Å². The lowest BCUT2D eigenvalue weighted by molar-refractivity contribution is 0.381. The van der Waals surface area contributed by atoms with E-state index < -0.39 is 10.4 Å². The van der Waals surface area contributed by atoms with Crippen molar-refractivity contribution >= 4 is 10.4 Å². The van der Waals surface area contributed by atoms with Gasteiger partial charge >= 0.3 is 10.4 Å². The van der Waals surface area contributed by atoms with E-state index in [2.05, 4.69) is 4.98 Å². The van der Waals surface area contributed by atoms with E-state index in [4.69, 9.17) is 17.5 Å². The average Bonchev–Trinajstić information content (AvgIpc) is 2.07. The molecule has 0 bridgehead atoms. The minimum Gasteiger partial charge on any atom is -0.368 e. The lowest BCUT2D eigenvalue weighted by Crippen LogP contribution is -1.89. The third-order valence-electron chi connectivity index (χ3n) is 0.496.